The highest BCUT2D eigenvalue weighted by molar-refractivity contribution is 7.16. The van der Waals surface area contributed by atoms with Crippen LogP contribution >= 0.6 is 22.7 Å². The molecular formula is C22H25N5S2. The molecule has 0 bridgehead atoms. The van der Waals surface area contributed by atoms with Crippen molar-refractivity contribution in [2.45, 2.75) is 45.7 Å². The van der Waals surface area contributed by atoms with E-state index in [9.17, 15) is 0 Å². The fourth-order valence-electron chi connectivity index (χ4n) is 3.77. The number of hydrogen-bond acceptors (Lipinski definition) is 7. The van der Waals surface area contributed by atoms with Crippen molar-refractivity contribution in [2.75, 3.05) is 11.9 Å². The minimum Gasteiger partial charge on any atom is -0.316 e. The maximum absolute atomic E-state index is 8.97. The molecule has 4 rings (SSSR count). The summed E-state index contributed by atoms with van der Waals surface area (Å²) in [5.74, 6) is 1.48. The number of nitrogens with one attached hydrogen (secondary N) is 1. The van der Waals surface area contributed by atoms with E-state index in [1.165, 1.54) is 27.5 Å². The Morgan fingerprint density at radius 1 is 1.24 bits per heavy atom. The number of anilines is 2. The van der Waals surface area contributed by atoms with E-state index in [0.717, 1.165) is 37.4 Å². The van der Waals surface area contributed by atoms with Crippen LogP contribution in [0.5, 0.6) is 0 Å². The van der Waals surface area contributed by atoms with Crippen LogP contribution in [0.1, 0.15) is 53.1 Å². The van der Waals surface area contributed by atoms with Gasteiger partial charge in [0.25, 0.3) is 0 Å². The summed E-state index contributed by atoms with van der Waals surface area (Å²) in [5.41, 5.74) is 1.10. The average Bonchev–Trinajstić information content (AvgIpc) is 3.43. The molecule has 4 heterocycles. The normalized spacial score (nSPS) is 17.0. The predicted molar refractivity (Wildman–Crippen MR) is 120 cm³/mol. The van der Waals surface area contributed by atoms with Crippen molar-refractivity contribution >= 4 is 33.6 Å². The lowest BCUT2D eigenvalue weighted by molar-refractivity contribution is 0.247. The molecule has 0 spiro atoms. The van der Waals surface area contributed by atoms with Crippen LogP contribution in [0.15, 0.2) is 36.5 Å². The molecule has 0 aromatic carbocycles. The molecule has 1 N–H and O–H groups in total. The van der Waals surface area contributed by atoms with Gasteiger partial charge in [0, 0.05) is 16.3 Å². The zero-order valence-electron chi connectivity index (χ0n) is 16.8. The molecule has 1 saturated heterocycles. The second-order valence-electron chi connectivity index (χ2n) is 7.81. The van der Waals surface area contributed by atoms with Crippen LogP contribution in [0.4, 0.5) is 10.9 Å². The van der Waals surface area contributed by atoms with Crippen LogP contribution in [-0.2, 0) is 13.0 Å². The van der Waals surface area contributed by atoms with Crippen LogP contribution in [0, 0.1) is 17.2 Å². The Bertz CT molecular complexity index is 1000. The summed E-state index contributed by atoms with van der Waals surface area (Å²) >= 11 is 3.29. The molecule has 7 heteroatoms. The predicted octanol–water partition coefficient (Wildman–Crippen LogP) is 5.75. The zero-order valence-corrected chi connectivity index (χ0v) is 18.4. The maximum Gasteiger partial charge on any atom is 0.189 e. The number of pyridine rings is 1. The van der Waals surface area contributed by atoms with Crippen molar-refractivity contribution in [3.8, 4) is 6.07 Å². The van der Waals surface area contributed by atoms with Crippen molar-refractivity contribution in [3.05, 3.63) is 56.9 Å². The van der Waals surface area contributed by atoms with Crippen LogP contribution in [0.2, 0.25) is 0 Å². The van der Waals surface area contributed by atoms with E-state index in [4.69, 9.17) is 10.2 Å². The van der Waals surface area contributed by atoms with Gasteiger partial charge < -0.3 is 5.32 Å². The van der Waals surface area contributed by atoms with Crippen molar-refractivity contribution in [3.63, 3.8) is 0 Å². The van der Waals surface area contributed by atoms with E-state index < -0.39 is 0 Å². The third-order valence-corrected chi connectivity index (χ3v) is 6.92. The van der Waals surface area contributed by atoms with Gasteiger partial charge >= 0.3 is 0 Å². The summed E-state index contributed by atoms with van der Waals surface area (Å²) in [6.07, 6.45) is 5.08. The molecule has 1 aliphatic rings. The molecule has 3 aromatic rings. The zero-order chi connectivity index (χ0) is 20.2. The van der Waals surface area contributed by atoms with E-state index in [2.05, 4.69) is 53.3 Å². The van der Waals surface area contributed by atoms with E-state index in [1.54, 1.807) is 6.20 Å². The molecule has 1 atom stereocenters. The van der Waals surface area contributed by atoms with Crippen LogP contribution in [0.25, 0.3) is 0 Å². The molecule has 0 unspecified atom stereocenters. The summed E-state index contributed by atoms with van der Waals surface area (Å²) in [4.78, 5) is 15.2. The smallest absolute Gasteiger partial charge is 0.189 e. The van der Waals surface area contributed by atoms with Crippen LogP contribution in [-0.4, -0.2) is 21.4 Å². The molecule has 0 saturated carbocycles. The number of nitrogens with zero attached hydrogens (tertiary/aromatic N) is 4. The number of thiophene rings is 1. The second-order valence-corrected chi connectivity index (χ2v) is 10.1. The molecular weight excluding hydrogens is 398 g/mol. The number of hydrogen-bond donors (Lipinski definition) is 1. The highest BCUT2D eigenvalue weighted by Gasteiger charge is 2.27. The van der Waals surface area contributed by atoms with Gasteiger partial charge in [-0.05, 0) is 56.0 Å². The van der Waals surface area contributed by atoms with E-state index in [0.29, 0.717) is 22.0 Å². The van der Waals surface area contributed by atoms with Gasteiger partial charge in [0.2, 0.25) is 0 Å². The van der Waals surface area contributed by atoms with Gasteiger partial charge in [-0.15, -0.1) is 11.3 Å². The Labute approximate surface area is 180 Å². The second kappa shape index (κ2) is 9.04. The largest absolute Gasteiger partial charge is 0.316 e. The van der Waals surface area contributed by atoms with Crippen molar-refractivity contribution < 1.29 is 0 Å². The van der Waals surface area contributed by atoms with Gasteiger partial charge in [-0.2, -0.15) is 5.26 Å². The number of aromatic nitrogens is 2. The molecule has 1 fully saturated rings. The quantitative estimate of drug-likeness (QED) is 0.524. The number of nitriles is 1. The molecule has 0 aliphatic carbocycles. The molecule has 3 aromatic heterocycles. The summed E-state index contributed by atoms with van der Waals surface area (Å²) < 4.78 is 0. The van der Waals surface area contributed by atoms with Crippen molar-refractivity contribution in [2.24, 2.45) is 5.92 Å². The number of rotatable bonds is 7. The van der Waals surface area contributed by atoms with Crippen LogP contribution < -0.4 is 5.32 Å². The standard InChI is InChI=1S/C22H25N5S2/c1-15(2)11-16-8-9-17(28-16)14-27-10-4-6-20(27)19-5-3-7-21(25-19)26-22-24-13-18(12-23)29-22/h3,5,7-9,13,15,20H,4,6,10-11,14H2,1-2H3,(H,24,25,26)/t20-/m1/s1. The monoisotopic (exact) mass is 423 g/mol. The lowest BCUT2D eigenvalue weighted by Gasteiger charge is -2.23. The summed E-state index contributed by atoms with van der Waals surface area (Å²) in [5, 5.41) is 12.9. The Balaban J connectivity index is 1.45. The highest BCUT2D eigenvalue weighted by atomic mass is 32.1. The SMILES string of the molecule is CC(C)Cc1ccc(CN2CCC[C@@H]2c2cccc(Nc3ncc(C#N)s3)n2)s1. The molecule has 0 amide bonds. The Morgan fingerprint density at radius 2 is 2.10 bits per heavy atom. The van der Waals surface area contributed by atoms with Crippen molar-refractivity contribution in [1.82, 2.24) is 14.9 Å². The van der Waals surface area contributed by atoms with Gasteiger partial charge in [-0.1, -0.05) is 31.3 Å². The Kier molecular flexibility index (Phi) is 6.24. The first-order valence-corrected chi connectivity index (χ1v) is 11.7. The molecule has 1 aliphatic heterocycles. The summed E-state index contributed by atoms with van der Waals surface area (Å²) in [6.45, 7) is 6.65. The lowest BCUT2D eigenvalue weighted by Crippen LogP contribution is -2.23. The average molecular weight is 424 g/mol. The van der Waals surface area contributed by atoms with E-state index >= 15 is 0 Å². The molecule has 29 heavy (non-hydrogen) atoms. The summed E-state index contributed by atoms with van der Waals surface area (Å²) in [7, 11) is 0. The van der Waals surface area contributed by atoms with Gasteiger partial charge in [0.1, 0.15) is 16.8 Å². The molecule has 150 valence electrons. The van der Waals surface area contributed by atoms with Crippen LogP contribution in [0.3, 0.4) is 0 Å². The fraction of sp³-hybridized carbons (Fsp3) is 0.409. The van der Waals surface area contributed by atoms with Gasteiger partial charge in [-0.25, -0.2) is 9.97 Å². The number of likely N-dealkylation sites (tertiary alicyclic amines) is 1. The maximum atomic E-state index is 8.97. The topological polar surface area (TPSA) is 64.8 Å². The van der Waals surface area contributed by atoms with Gasteiger partial charge in [0.05, 0.1) is 17.9 Å². The van der Waals surface area contributed by atoms with Gasteiger partial charge in [0.15, 0.2) is 5.13 Å². The van der Waals surface area contributed by atoms with E-state index in [-0.39, 0.29) is 0 Å². The number of thiazole rings is 1. The molecule has 0 radical (unpaired) electrons. The van der Waals surface area contributed by atoms with Gasteiger partial charge in [-0.3, -0.25) is 4.90 Å². The minimum absolute atomic E-state index is 0.346. The Morgan fingerprint density at radius 3 is 2.90 bits per heavy atom. The first kappa shape index (κ1) is 20.0. The van der Waals surface area contributed by atoms with E-state index in [1.807, 2.05) is 23.5 Å². The minimum atomic E-state index is 0.346. The molecule has 5 nitrogen and oxygen atoms in total. The third kappa shape index (κ3) is 5.02. The highest BCUT2D eigenvalue weighted by Crippen LogP contribution is 2.34. The lowest BCUT2D eigenvalue weighted by atomic mass is 10.1. The first-order chi connectivity index (χ1) is 14.1. The first-order valence-electron chi connectivity index (χ1n) is 10.0. The third-order valence-electron chi connectivity index (χ3n) is 5.01. The Hall–Kier alpha value is -2.27. The fourth-order valence-corrected chi connectivity index (χ4v) is 5.65. The van der Waals surface area contributed by atoms with Crippen molar-refractivity contribution in [1.29, 1.82) is 5.26 Å². The summed E-state index contributed by atoms with van der Waals surface area (Å²) in [6, 6.07) is 13.2.